The molecule has 1 heteroatoms. The molecule has 0 aliphatic carbocycles. The molecule has 0 radical (unpaired) electrons. The van der Waals surface area contributed by atoms with E-state index in [1.165, 1.54) is 0 Å². The average Bonchev–Trinajstić information content (AvgIpc) is 2.31. The molecule has 0 aliphatic heterocycles. The molecule has 1 N–H and O–H groups in total. The van der Waals surface area contributed by atoms with Gasteiger partial charge in [-0.3, -0.25) is 0 Å². The Bertz CT molecular complexity index is 399. The van der Waals surface area contributed by atoms with Crippen molar-refractivity contribution in [1.82, 2.24) is 0 Å². The van der Waals surface area contributed by atoms with Crippen LogP contribution < -0.4 is 5.32 Å². The van der Waals surface area contributed by atoms with Gasteiger partial charge >= 0.3 is 0 Å². The van der Waals surface area contributed by atoms with Gasteiger partial charge in [-0.15, -0.1) is 0 Å². The van der Waals surface area contributed by atoms with Gasteiger partial charge in [0.25, 0.3) is 0 Å². The van der Waals surface area contributed by atoms with Gasteiger partial charge in [0.2, 0.25) is 0 Å². The highest BCUT2D eigenvalue weighted by Crippen LogP contribution is 2.07. The molecule has 0 saturated carbocycles. The fraction of sp³-hybridized carbons (Fsp3) is 0.0769. The molecule has 0 aromatic heterocycles. The molecule has 2 rings (SSSR count). The van der Waals surface area contributed by atoms with E-state index in [-0.39, 0.29) is 0 Å². The van der Waals surface area contributed by atoms with Crippen LogP contribution in [0.25, 0.3) is 0 Å². The van der Waals surface area contributed by atoms with Crippen LogP contribution in [0.15, 0.2) is 60.7 Å². The third-order valence-electron chi connectivity index (χ3n) is 1.98. The maximum absolute atomic E-state index is 7.94. The van der Waals surface area contributed by atoms with Gasteiger partial charge in [-0.1, -0.05) is 48.5 Å². The Morgan fingerprint density at radius 2 is 1.43 bits per heavy atom. The average molecular weight is 184 g/mol. The summed E-state index contributed by atoms with van der Waals surface area (Å²) >= 11 is 0. The maximum Gasteiger partial charge on any atom is 0.0542 e. The predicted molar refractivity (Wildman–Crippen MR) is 60.2 cm³/mol. The molecule has 14 heavy (non-hydrogen) atoms. The van der Waals surface area contributed by atoms with Gasteiger partial charge in [-0.25, -0.2) is 0 Å². The minimum Gasteiger partial charge on any atom is -0.381 e. The first-order valence-electron chi connectivity index (χ1n) is 5.23. The molecular formula is C13H13N. The maximum atomic E-state index is 7.94. The van der Waals surface area contributed by atoms with Crippen LogP contribution in [0.2, 0.25) is 0 Å². The molecule has 0 spiro atoms. The van der Waals surface area contributed by atoms with Crippen molar-refractivity contribution in [2.75, 3.05) is 5.32 Å². The van der Waals surface area contributed by atoms with E-state index in [4.69, 9.17) is 1.37 Å². The SMILES string of the molecule is [2H]C(Nc1ccccc1)c1ccccc1. The number of rotatable bonds is 3. The van der Waals surface area contributed by atoms with Gasteiger partial charge in [0.15, 0.2) is 0 Å². The fourth-order valence-electron chi connectivity index (χ4n) is 1.25. The lowest BCUT2D eigenvalue weighted by atomic mass is 10.2. The van der Waals surface area contributed by atoms with E-state index in [0.717, 1.165) is 11.3 Å². The Morgan fingerprint density at radius 1 is 0.857 bits per heavy atom. The molecule has 1 nitrogen and oxygen atoms in total. The van der Waals surface area contributed by atoms with Gasteiger partial charge in [-0.2, -0.15) is 0 Å². The highest BCUT2D eigenvalue weighted by Gasteiger charge is 1.90. The Kier molecular flexibility index (Phi) is 2.43. The first-order valence-corrected chi connectivity index (χ1v) is 4.65. The first-order chi connectivity index (χ1) is 7.36. The van der Waals surface area contributed by atoms with Crippen LogP contribution in [0.3, 0.4) is 0 Å². The molecule has 1 unspecified atom stereocenters. The van der Waals surface area contributed by atoms with Crippen LogP contribution in [-0.2, 0) is 6.52 Å². The quantitative estimate of drug-likeness (QED) is 0.771. The molecule has 0 heterocycles. The van der Waals surface area contributed by atoms with E-state index >= 15 is 0 Å². The summed E-state index contributed by atoms with van der Waals surface area (Å²) in [6.45, 7) is -0.409. The third kappa shape index (κ3) is 2.36. The lowest BCUT2D eigenvalue weighted by molar-refractivity contribution is 1.15. The summed E-state index contributed by atoms with van der Waals surface area (Å²) in [5.41, 5.74) is 1.95. The zero-order valence-corrected chi connectivity index (χ0v) is 7.85. The second kappa shape index (κ2) is 4.47. The van der Waals surface area contributed by atoms with Gasteiger partial charge in [-0.05, 0) is 17.7 Å². The fourth-order valence-corrected chi connectivity index (χ4v) is 1.25. The number of hydrogen-bond donors (Lipinski definition) is 1. The van der Waals surface area contributed by atoms with Gasteiger partial charge < -0.3 is 5.32 Å². The Balaban J connectivity index is 2.08. The van der Waals surface area contributed by atoms with E-state index in [1.807, 2.05) is 60.7 Å². The van der Waals surface area contributed by atoms with Crippen molar-refractivity contribution in [2.24, 2.45) is 0 Å². The van der Waals surface area contributed by atoms with Crippen molar-refractivity contribution in [1.29, 1.82) is 0 Å². The van der Waals surface area contributed by atoms with Crippen molar-refractivity contribution in [2.45, 2.75) is 6.52 Å². The molecule has 0 fully saturated rings. The molecule has 2 aromatic rings. The van der Waals surface area contributed by atoms with Gasteiger partial charge in [0.1, 0.15) is 0 Å². The lowest BCUT2D eigenvalue weighted by Gasteiger charge is -2.05. The van der Waals surface area contributed by atoms with Crippen LogP contribution in [0, 0.1) is 0 Å². The van der Waals surface area contributed by atoms with Crippen LogP contribution >= 0.6 is 0 Å². The highest BCUT2D eigenvalue weighted by atomic mass is 14.9. The van der Waals surface area contributed by atoms with Crippen molar-refractivity contribution >= 4 is 5.69 Å². The topological polar surface area (TPSA) is 12.0 Å². The van der Waals surface area contributed by atoms with Crippen LogP contribution in [-0.4, -0.2) is 0 Å². The monoisotopic (exact) mass is 184 g/mol. The number of benzene rings is 2. The minimum absolute atomic E-state index is 0.409. The highest BCUT2D eigenvalue weighted by molar-refractivity contribution is 5.43. The molecule has 70 valence electrons. The van der Waals surface area contributed by atoms with Gasteiger partial charge in [0.05, 0.1) is 1.37 Å². The summed E-state index contributed by atoms with van der Waals surface area (Å²) in [7, 11) is 0. The number of para-hydroxylation sites is 1. The molecule has 0 aliphatic rings. The molecule has 0 bridgehead atoms. The summed E-state index contributed by atoms with van der Waals surface area (Å²) in [5.74, 6) is 0. The van der Waals surface area contributed by atoms with Gasteiger partial charge in [0, 0.05) is 12.2 Å². The van der Waals surface area contributed by atoms with Crippen molar-refractivity contribution in [3.05, 3.63) is 66.2 Å². The summed E-state index contributed by atoms with van der Waals surface area (Å²) in [4.78, 5) is 0. The summed E-state index contributed by atoms with van der Waals surface area (Å²) in [5, 5.41) is 3.12. The minimum atomic E-state index is -0.409. The van der Waals surface area contributed by atoms with E-state index in [1.54, 1.807) is 0 Å². The van der Waals surface area contributed by atoms with Crippen molar-refractivity contribution in [3.8, 4) is 0 Å². The standard InChI is InChI=1S/C13H13N/c1-3-7-12(8-4-1)11-14-13-9-5-2-6-10-13/h1-10,14H,11H2/i11D. The smallest absolute Gasteiger partial charge is 0.0542 e. The van der Waals surface area contributed by atoms with E-state index in [0.29, 0.717) is 0 Å². The lowest BCUT2D eigenvalue weighted by Crippen LogP contribution is -1.98. The van der Waals surface area contributed by atoms with E-state index in [9.17, 15) is 0 Å². The third-order valence-corrected chi connectivity index (χ3v) is 1.98. The van der Waals surface area contributed by atoms with Crippen LogP contribution in [0.4, 0.5) is 5.69 Å². The number of anilines is 1. The Morgan fingerprint density at radius 3 is 2.07 bits per heavy atom. The first kappa shape index (κ1) is 7.63. The van der Waals surface area contributed by atoms with Crippen LogP contribution in [0.5, 0.6) is 0 Å². The predicted octanol–water partition coefficient (Wildman–Crippen LogP) is 3.30. The number of nitrogens with one attached hydrogen (secondary N) is 1. The second-order valence-corrected chi connectivity index (χ2v) is 3.07. The molecule has 0 saturated heterocycles. The van der Waals surface area contributed by atoms with Crippen LogP contribution in [0.1, 0.15) is 6.93 Å². The second-order valence-electron chi connectivity index (χ2n) is 3.07. The number of hydrogen-bond acceptors (Lipinski definition) is 1. The Hall–Kier alpha value is -1.76. The summed E-state index contributed by atoms with van der Waals surface area (Å²) in [6, 6.07) is 19.6. The zero-order chi connectivity index (χ0) is 10.5. The normalized spacial score (nSPS) is 13.0. The molecule has 1 atom stereocenters. The summed E-state index contributed by atoms with van der Waals surface area (Å²) < 4.78 is 7.94. The zero-order valence-electron chi connectivity index (χ0n) is 8.85. The van der Waals surface area contributed by atoms with Crippen molar-refractivity contribution in [3.63, 3.8) is 0 Å². The largest absolute Gasteiger partial charge is 0.381 e. The molecular weight excluding hydrogens is 170 g/mol. The van der Waals surface area contributed by atoms with Crippen molar-refractivity contribution < 1.29 is 1.37 Å². The van der Waals surface area contributed by atoms with E-state index < -0.39 is 6.52 Å². The summed E-state index contributed by atoms with van der Waals surface area (Å²) in [6.07, 6.45) is 0. The molecule has 2 aromatic carbocycles. The molecule has 0 amide bonds. The Labute approximate surface area is 85.8 Å². The van der Waals surface area contributed by atoms with E-state index in [2.05, 4.69) is 5.32 Å².